The number of likely N-dealkylation sites (tertiary alicyclic amines) is 1. The standard InChI is InChI=1S/C20H36N4O3.HI/c1-21-20(22-13-8-4-7-11-18(25)27-2)23-17-12-14-24(15-17)19(26)16-9-5-3-6-10-16;/h16-17H,3-15H2,1-2H3,(H2,21,22,23);1H. The van der Waals surface area contributed by atoms with Crippen molar-refractivity contribution < 1.29 is 14.3 Å². The topological polar surface area (TPSA) is 83.0 Å². The quantitative estimate of drug-likeness (QED) is 0.173. The Hall–Kier alpha value is -1.06. The molecule has 2 rings (SSSR count). The zero-order valence-corrected chi connectivity index (χ0v) is 19.7. The van der Waals surface area contributed by atoms with Gasteiger partial charge in [-0.3, -0.25) is 14.6 Å². The molecular formula is C20H37IN4O3. The minimum atomic E-state index is -0.144. The monoisotopic (exact) mass is 508 g/mol. The largest absolute Gasteiger partial charge is 0.469 e. The van der Waals surface area contributed by atoms with Crippen LogP contribution in [0.2, 0.25) is 0 Å². The van der Waals surface area contributed by atoms with E-state index in [2.05, 4.69) is 20.4 Å². The Labute approximate surface area is 186 Å². The van der Waals surface area contributed by atoms with Crippen LogP contribution >= 0.6 is 24.0 Å². The summed E-state index contributed by atoms with van der Waals surface area (Å²) in [5.74, 6) is 1.25. The number of hydrogen-bond donors (Lipinski definition) is 2. The number of unbranched alkanes of at least 4 members (excludes halogenated alkanes) is 2. The molecule has 0 spiro atoms. The van der Waals surface area contributed by atoms with Gasteiger partial charge in [-0.25, -0.2) is 0 Å². The summed E-state index contributed by atoms with van der Waals surface area (Å²) in [7, 11) is 3.19. The molecule has 1 amide bonds. The van der Waals surface area contributed by atoms with Gasteiger partial charge in [-0.2, -0.15) is 0 Å². The first-order chi connectivity index (χ1) is 13.1. The first kappa shape index (κ1) is 25.0. The molecule has 8 heteroatoms. The highest BCUT2D eigenvalue weighted by molar-refractivity contribution is 14.0. The SMILES string of the molecule is CN=C(NCCCCCC(=O)OC)NC1CCN(C(=O)C2CCCCC2)C1.I. The van der Waals surface area contributed by atoms with Crippen molar-refractivity contribution in [2.45, 2.75) is 70.3 Å². The lowest BCUT2D eigenvalue weighted by molar-refractivity contribution is -0.140. The van der Waals surface area contributed by atoms with Crippen LogP contribution < -0.4 is 10.6 Å². The maximum Gasteiger partial charge on any atom is 0.305 e. The molecule has 1 aliphatic heterocycles. The smallest absolute Gasteiger partial charge is 0.305 e. The first-order valence-corrected chi connectivity index (χ1v) is 10.5. The molecule has 0 aromatic heterocycles. The molecular weight excluding hydrogens is 471 g/mol. The average Bonchev–Trinajstić information content (AvgIpc) is 3.17. The van der Waals surface area contributed by atoms with Gasteiger partial charge in [0, 0.05) is 45.1 Å². The van der Waals surface area contributed by atoms with Crippen LogP contribution in [0.1, 0.15) is 64.2 Å². The molecule has 1 heterocycles. The van der Waals surface area contributed by atoms with Crippen molar-refractivity contribution in [2.75, 3.05) is 33.8 Å². The van der Waals surface area contributed by atoms with E-state index in [1.807, 2.05) is 4.90 Å². The van der Waals surface area contributed by atoms with Crippen LogP contribution in [-0.4, -0.2) is 62.6 Å². The van der Waals surface area contributed by atoms with Gasteiger partial charge in [0.2, 0.25) is 5.91 Å². The van der Waals surface area contributed by atoms with Crippen molar-refractivity contribution in [3.8, 4) is 0 Å². The number of carbonyl (C=O) groups is 2. The van der Waals surface area contributed by atoms with E-state index >= 15 is 0 Å². The fourth-order valence-corrected chi connectivity index (χ4v) is 3.95. The Morgan fingerprint density at radius 2 is 1.86 bits per heavy atom. The molecule has 1 unspecified atom stereocenters. The molecule has 0 bridgehead atoms. The van der Waals surface area contributed by atoms with Crippen molar-refractivity contribution in [3.63, 3.8) is 0 Å². The van der Waals surface area contributed by atoms with Crippen molar-refractivity contribution in [2.24, 2.45) is 10.9 Å². The highest BCUT2D eigenvalue weighted by Crippen LogP contribution is 2.26. The molecule has 7 nitrogen and oxygen atoms in total. The number of amides is 1. The van der Waals surface area contributed by atoms with Crippen molar-refractivity contribution in [3.05, 3.63) is 0 Å². The van der Waals surface area contributed by atoms with E-state index in [-0.39, 0.29) is 41.9 Å². The molecule has 2 aliphatic rings. The predicted octanol–water partition coefficient (Wildman–Crippen LogP) is 2.68. The van der Waals surface area contributed by atoms with E-state index in [0.717, 1.165) is 64.1 Å². The van der Waals surface area contributed by atoms with Crippen molar-refractivity contribution >= 4 is 41.8 Å². The van der Waals surface area contributed by atoms with Crippen LogP contribution in [0.4, 0.5) is 0 Å². The highest BCUT2D eigenvalue weighted by Gasteiger charge is 2.31. The van der Waals surface area contributed by atoms with Gasteiger partial charge in [-0.1, -0.05) is 25.7 Å². The average molecular weight is 508 g/mol. The lowest BCUT2D eigenvalue weighted by atomic mass is 9.88. The van der Waals surface area contributed by atoms with E-state index < -0.39 is 0 Å². The third kappa shape index (κ3) is 8.53. The molecule has 1 saturated carbocycles. The van der Waals surface area contributed by atoms with Crippen LogP contribution in [0.5, 0.6) is 0 Å². The minimum Gasteiger partial charge on any atom is -0.469 e. The Morgan fingerprint density at radius 3 is 2.54 bits per heavy atom. The van der Waals surface area contributed by atoms with E-state index in [1.54, 1.807) is 7.05 Å². The summed E-state index contributed by atoms with van der Waals surface area (Å²) in [5, 5.41) is 6.77. The zero-order chi connectivity index (χ0) is 19.5. The Kier molecular flexibility index (Phi) is 12.5. The maximum absolute atomic E-state index is 12.7. The summed E-state index contributed by atoms with van der Waals surface area (Å²) in [6, 6.07) is 0.267. The summed E-state index contributed by atoms with van der Waals surface area (Å²) in [5.41, 5.74) is 0. The number of guanidine groups is 1. The number of carbonyl (C=O) groups excluding carboxylic acids is 2. The van der Waals surface area contributed by atoms with E-state index in [9.17, 15) is 9.59 Å². The summed E-state index contributed by atoms with van der Waals surface area (Å²) in [4.78, 5) is 30.1. The van der Waals surface area contributed by atoms with Gasteiger partial charge in [0.25, 0.3) is 0 Å². The molecule has 1 atom stereocenters. The molecule has 0 radical (unpaired) electrons. The molecule has 0 aromatic rings. The molecule has 162 valence electrons. The fraction of sp³-hybridized carbons (Fsp3) is 0.850. The molecule has 2 N–H and O–H groups in total. The highest BCUT2D eigenvalue weighted by atomic mass is 127. The molecule has 1 aliphatic carbocycles. The van der Waals surface area contributed by atoms with Crippen molar-refractivity contribution in [1.82, 2.24) is 15.5 Å². The number of rotatable bonds is 8. The minimum absolute atomic E-state index is 0. The molecule has 2 fully saturated rings. The van der Waals surface area contributed by atoms with Crippen molar-refractivity contribution in [1.29, 1.82) is 0 Å². The predicted molar refractivity (Wildman–Crippen MR) is 122 cm³/mol. The number of nitrogens with one attached hydrogen (secondary N) is 2. The Balaban J connectivity index is 0.00000392. The second kappa shape index (κ2) is 14.0. The second-order valence-corrected chi connectivity index (χ2v) is 7.63. The van der Waals surface area contributed by atoms with Crippen LogP contribution in [-0.2, 0) is 14.3 Å². The first-order valence-electron chi connectivity index (χ1n) is 10.5. The van der Waals surface area contributed by atoms with Gasteiger partial charge >= 0.3 is 5.97 Å². The Bertz CT molecular complexity index is 510. The normalized spacial score (nSPS) is 20.4. The maximum atomic E-state index is 12.7. The van der Waals surface area contributed by atoms with Crippen LogP contribution in [0.25, 0.3) is 0 Å². The summed E-state index contributed by atoms with van der Waals surface area (Å²) >= 11 is 0. The van der Waals surface area contributed by atoms with Gasteiger partial charge in [-0.15, -0.1) is 24.0 Å². The van der Waals surface area contributed by atoms with E-state index in [0.29, 0.717) is 12.3 Å². The third-order valence-electron chi connectivity index (χ3n) is 5.60. The summed E-state index contributed by atoms with van der Waals surface area (Å²) < 4.78 is 4.64. The van der Waals surface area contributed by atoms with Crippen LogP contribution in [0.15, 0.2) is 4.99 Å². The number of esters is 1. The van der Waals surface area contributed by atoms with Gasteiger partial charge < -0.3 is 20.3 Å². The van der Waals surface area contributed by atoms with Gasteiger partial charge in [0.15, 0.2) is 5.96 Å². The lowest BCUT2D eigenvalue weighted by Crippen LogP contribution is -2.45. The number of halogens is 1. The van der Waals surface area contributed by atoms with E-state index in [4.69, 9.17) is 0 Å². The molecule has 28 heavy (non-hydrogen) atoms. The van der Waals surface area contributed by atoms with E-state index in [1.165, 1.54) is 26.4 Å². The second-order valence-electron chi connectivity index (χ2n) is 7.63. The zero-order valence-electron chi connectivity index (χ0n) is 17.4. The summed E-state index contributed by atoms with van der Waals surface area (Å²) in [6.45, 7) is 2.44. The van der Waals surface area contributed by atoms with Crippen LogP contribution in [0.3, 0.4) is 0 Å². The number of nitrogens with zero attached hydrogens (tertiary/aromatic N) is 2. The third-order valence-corrected chi connectivity index (χ3v) is 5.60. The van der Waals surface area contributed by atoms with Gasteiger partial charge in [0.1, 0.15) is 0 Å². The number of aliphatic imine (C=N–C) groups is 1. The summed E-state index contributed by atoms with van der Waals surface area (Å²) in [6.07, 6.45) is 10.1. The Morgan fingerprint density at radius 1 is 1.11 bits per heavy atom. The fourth-order valence-electron chi connectivity index (χ4n) is 3.95. The lowest BCUT2D eigenvalue weighted by Gasteiger charge is -2.26. The number of hydrogen-bond acceptors (Lipinski definition) is 4. The van der Waals surface area contributed by atoms with Gasteiger partial charge in [-0.05, 0) is 32.1 Å². The number of methoxy groups -OCH3 is 1. The number of ether oxygens (including phenoxy) is 1. The van der Waals surface area contributed by atoms with Crippen LogP contribution in [0, 0.1) is 5.92 Å². The van der Waals surface area contributed by atoms with Gasteiger partial charge in [0.05, 0.1) is 7.11 Å². The molecule has 0 aromatic carbocycles. The molecule has 1 saturated heterocycles.